The van der Waals surface area contributed by atoms with Gasteiger partial charge in [0.2, 0.25) is 0 Å². The molecule has 0 aliphatic heterocycles. The maximum atomic E-state index is 5.26. The number of aromatic nitrogens is 4. The number of rotatable bonds is 6. The second-order valence-electron chi connectivity index (χ2n) is 15.1. The van der Waals surface area contributed by atoms with Crippen molar-refractivity contribution in [2.45, 2.75) is 0 Å². The molecular weight excluding hydrogens is 769 g/mol. The zero-order chi connectivity index (χ0) is 39.6. The number of benzene rings is 8. The number of hydrogen-bond acceptors (Lipinski definition) is 6. The molecule has 0 saturated heterocycles. The monoisotopic (exact) mass is 800 g/mol. The van der Waals surface area contributed by atoms with Gasteiger partial charge in [0.1, 0.15) is 0 Å². The molecule has 0 atom stereocenters. The lowest BCUT2D eigenvalue weighted by Gasteiger charge is -2.13. The third-order valence-electron chi connectivity index (χ3n) is 11.4. The van der Waals surface area contributed by atoms with Gasteiger partial charge in [-0.15, -0.1) is 22.7 Å². The predicted octanol–water partition coefficient (Wildman–Crippen LogP) is 15.2. The van der Waals surface area contributed by atoms with Crippen molar-refractivity contribution in [3.63, 3.8) is 0 Å². The summed E-state index contributed by atoms with van der Waals surface area (Å²) < 4.78 is 5.15. The van der Waals surface area contributed by atoms with Gasteiger partial charge in [0.25, 0.3) is 0 Å². The minimum atomic E-state index is 0.616. The Labute approximate surface area is 353 Å². The van der Waals surface area contributed by atoms with Crippen LogP contribution in [0.5, 0.6) is 0 Å². The second-order valence-corrected chi connectivity index (χ2v) is 17.2. The van der Waals surface area contributed by atoms with E-state index in [0.29, 0.717) is 17.5 Å². The fourth-order valence-electron chi connectivity index (χ4n) is 8.40. The summed E-state index contributed by atoms with van der Waals surface area (Å²) in [6, 6.07) is 64.9. The minimum absolute atomic E-state index is 0.616. The van der Waals surface area contributed by atoms with Crippen molar-refractivity contribution in [2.24, 2.45) is 0 Å². The summed E-state index contributed by atoms with van der Waals surface area (Å²) in [4.78, 5) is 20.1. The van der Waals surface area contributed by atoms with Gasteiger partial charge < -0.3 is 0 Å². The van der Waals surface area contributed by atoms with Crippen LogP contribution in [0.3, 0.4) is 0 Å². The lowest BCUT2D eigenvalue weighted by molar-refractivity contribution is 1.07. The first-order chi connectivity index (χ1) is 29.7. The lowest BCUT2D eigenvalue weighted by atomic mass is 9.94. The first-order valence-corrected chi connectivity index (χ1v) is 21.6. The van der Waals surface area contributed by atoms with E-state index in [4.69, 9.17) is 15.0 Å². The van der Waals surface area contributed by atoms with E-state index in [1.165, 1.54) is 45.7 Å². The van der Waals surface area contributed by atoms with Crippen LogP contribution in [0, 0.1) is 0 Å². The van der Waals surface area contributed by atoms with Gasteiger partial charge in [-0.05, 0) is 87.8 Å². The molecule has 280 valence electrons. The van der Waals surface area contributed by atoms with Gasteiger partial charge in [0, 0.05) is 80.4 Å². The molecule has 12 aromatic rings. The van der Waals surface area contributed by atoms with Crippen molar-refractivity contribution in [2.75, 3.05) is 0 Å². The van der Waals surface area contributed by atoms with Crippen LogP contribution in [0.2, 0.25) is 0 Å². The summed E-state index contributed by atoms with van der Waals surface area (Å²) in [7, 11) is 0. The van der Waals surface area contributed by atoms with E-state index in [1.54, 1.807) is 0 Å². The van der Waals surface area contributed by atoms with Crippen molar-refractivity contribution in [3.05, 3.63) is 194 Å². The standard InChI is InChI=1S/C54H32N4S2/c1-2-10-34(11-3-1)52-56-53(35-20-18-33(19-21-35)47-32-55-31-38-12-4-5-13-42(38)47)58-54(57-52)41-27-39(36-22-24-50-45(29-36)43-14-6-8-16-48(43)59-50)26-40(28-41)37-23-25-51-46(30-37)44-15-7-9-17-49(44)60-51/h1-32H. The van der Waals surface area contributed by atoms with E-state index in [-0.39, 0.29) is 0 Å². The van der Waals surface area contributed by atoms with Gasteiger partial charge in [-0.3, -0.25) is 4.98 Å². The molecule has 0 aliphatic carbocycles. The van der Waals surface area contributed by atoms with Gasteiger partial charge in [0.05, 0.1) is 0 Å². The number of thiophene rings is 2. The van der Waals surface area contributed by atoms with E-state index in [2.05, 4.69) is 163 Å². The van der Waals surface area contributed by atoms with Crippen LogP contribution in [-0.4, -0.2) is 19.9 Å². The Bertz CT molecular complexity index is 3470. The molecule has 0 N–H and O–H groups in total. The van der Waals surface area contributed by atoms with Crippen molar-refractivity contribution >= 4 is 73.8 Å². The Balaban J connectivity index is 1.04. The third-order valence-corrected chi connectivity index (χ3v) is 13.7. The maximum absolute atomic E-state index is 5.26. The Morgan fingerprint density at radius 3 is 1.35 bits per heavy atom. The molecule has 0 fully saturated rings. The molecule has 0 aliphatic rings. The quantitative estimate of drug-likeness (QED) is 0.168. The van der Waals surface area contributed by atoms with Crippen LogP contribution < -0.4 is 0 Å². The Hall–Kier alpha value is -7.38. The molecule has 0 spiro atoms. The van der Waals surface area contributed by atoms with E-state index < -0.39 is 0 Å². The van der Waals surface area contributed by atoms with Crippen LogP contribution >= 0.6 is 22.7 Å². The maximum Gasteiger partial charge on any atom is 0.164 e. The first-order valence-electron chi connectivity index (χ1n) is 19.9. The van der Waals surface area contributed by atoms with E-state index >= 15 is 0 Å². The van der Waals surface area contributed by atoms with Gasteiger partial charge >= 0.3 is 0 Å². The molecule has 0 bridgehead atoms. The van der Waals surface area contributed by atoms with E-state index in [0.717, 1.165) is 55.5 Å². The van der Waals surface area contributed by atoms with Crippen molar-refractivity contribution in [3.8, 4) is 67.5 Å². The van der Waals surface area contributed by atoms with Crippen LogP contribution in [0.15, 0.2) is 194 Å². The highest BCUT2D eigenvalue weighted by Gasteiger charge is 2.17. The molecule has 12 rings (SSSR count). The van der Waals surface area contributed by atoms with Crippen molar-refractivity contribution in [1.29, 1.82) is 0 Å². The molecule has 0 unspecified atom stereocenters. The fraction of sp³-hybridized carbons (Fsp3) is 0. The average molecular weight is 801 g/mol. The number of nitrogens with zero attached hydrogens (tertiary/aromatic N) is 4. The summed E-state index contributed by atoms with van der Waals surface area (Å²) in [6.45, 7) is 0. The highest BCUT2D eigenvalue weighted by atomic mass is 32.1. The molecule has 4 heterocycles. The fourth-order valence-corrected chi connectivity index (χ4v) is 10.6. The molecule has 0 saturated carbocycles. The Morgan fingerprint density at radius 1 is 0.283 bits per heavy atom. The average Bonchev–Trinajstić information content (AvgIpc) is 3.89. The van der Waals surface area contributed by atoms with E-state index in [1.807, 2.05) is 59.3 Å². The molecule has 0 amide bonds. The molecular formula is C54H32N4S2. The third kappa shape index (κ3) is 6.04. The Kier molecular flexibility index (Phi) is 8.18. The highest BCUT2D eigenvalue weighted by Crippen LogP contribution is 2.41. The Morgan fingerprint density at radius 2 is 0.733 bits per heavy atom. The zero-order valence-corrected chi connectivity index (χ0v) is 33.7. The van der Waals surface area contributed by atoms with Gasteiger partial charge in [-0.25, -0.2) is 15.0 Å². The predicted molar refractivity (Wildman–Crippen MR) is 254 cm³/mol. The summed E-state index contributed by atoms with van der Waals surface area (Å²) in [5, 5.41) is 7.38. The molecule has 6 heteroatoms. The number of hydrogen-bond donors (Lipinski definition) is 0. The van der Waals surface area contributed by atoms with Gasteiger partial charge in [0.15, 0.2) is 17.5 Å². The van der Waals surface area contributed by atoms with Crippen LogP contribution in [0.1, 0.15) is 0 Å². The summed E-state index contributed by atoms with van der Waals surface area (Å²) in [5.41, 5.74) is 9.44. The molecule has 0 radical (unpaired) electrons. The molecule has 60 heavy (non-hydrogen) atoms. The lowest BCUT2D eigenvalue weighted by Crippen LogP contribution is -2.00. The largest absolute Gasteiger partial charge is 0.263 e. The zero-order valence-electron chi connectivity index (χ0n) is 32.1. The van der Waals surface area contributed by atoms with Crippen LogP contribution in [0.4, 0.5) is 0 Å². The molecule has 8 aromatic carbocycles. The van der Waals surface area contributed by atoms with Crippen LogP contribution in [-0.2, 0) is 0 Å². The first kappa shape index (κ1) is 34.6. The normalized spacial score (nSPS) is 11.7. The molecule has 4 nitrogen and oxygen atoms in total. The summed E-state index contributed by atoms with van der Waals surface area (Å²) in [6.07, 6.45) is 3.85. The number of fused-ring (bicyclic) bond motifs is 7. The SMILES string of the molecule is c1ccc(-c2nc(-c3ccc(-c4cncc5ccccc45)cc3)nc(-c3cc(-c4ccc5sc6ccccc6c5c4)cc(-c4ccc5sc6ccccc6c5c4)c3)n2)cc1. The van der Waals surface area contributed by atoms with Crippen molar-refractivity contribution in [1.82, 2.24) is 19.9 Å². The van der Waals surface area contributed by atoms with Gasteiger partial charge in [-0.1, -0.05) is 127 Å². The second kappa shape index (κ2) is 14.2. The van der Waals surface area contributed by atoms with Crippen LogP contribution in [0.25, 0.3) is 119 Å². The summed E-state index contributed by atoms with van der Waals surface area (Å²) >= 11 is 3.68. The number of pyridine rings is 1. The molecule has 4 aromatic heterocycles. The smallest absolute Gasteiger partial charge is 0.164 e. The van der Waals surface area contributed by atoms with Gasteiger partial charge in [-0.2, -0.15) is 0 Å². The van der Waals surface area contributed by atoms with Crippen molar-refractivity contribution < 1.29 is 0 Å². The van der Waals surface area contributed by atoms with E-state index in [9.17, 15) is 0 Å². The topological polar surface area (TPSA) is 51.6 Å². The minimum Gasteiger partial charge on any atom is -0.263 e. The highest BCUT2D eigenvalue weighted by molar-refractivity contribution is 7.26. The summed E-state index contributed by atoms with van der Waals surface area (Å²) in [5.74, 6) is 1.86.